The number of benzene rings is 6. The number of rotatable bonds is 16. The summed E-state index contributed by atoms with van der Waals surface area (Å²) in [5.41, 5.74) is 28.0. The van der Waals surface area contributed by atoms with Crippen molar-refractivity contribution in [2.24, 2.45) is 22.9 Å². The van der Waals surface area contributed by atoms with Crippen molar-refractivity contribution < 1.29 is 35.8 Å². The molecular formula is C46H46F6N4O2. The van der Waals surface area contributed by atoms with Crippen LogP contribution in [0.4, 0.5) is 26.3 Å². The third kappa shape index (κ3) is 12.7. The van der Waals surface area contributed by atoms with E-state index in [0.29, 0.717) is 59.9 Å². The first-order valence-corrected chi connectivity index (χ1v) is 18.8. The van der Waals surface area contributed by atoms with Crippen LogP contribution in [0.3, 0.4) is 0 Å². The zero-order chi connectivity index (χ0) is 41.6. The van der Waals surface area contributed by atoms with Crippen LogP contribution in [0.1, 0.15) is 25.7 Å². The minimum absolute atomic E-state index is 0.126. The molecule has 0 saturated carbocycles. The fourth-order valence-electron chi connectivity index (χ4n) is 6.05. The number of nitrogens with two attached hydrogens (primary N) is 4. The van der Waals surface area contributed by atoms with Crippen LogP contribution < -0.4 is 32.4 Å². The molecule has 6 aromatic rings. The molecule has 8 N–H and O–H groups in total. The largest absolute Gasteiger partial charge is 0.492 e. The van der Waals surface area contributed by atoms with E-state index in [9.17, 15) is 26.3 Å². The van der Waals surface area contributed by atoms with Gasteiger partial charge in [-0.25, -0.2) is 26.3 Å². The summed E-state index contributed by atoms with van der Waals surface area (Å²) in [5.74, 6) is -3.52. The maximum absolute atomic E-state index is 13.7. The van der Waals surface area contributed by atoms with Gasteiger partial charge in [0.05, 0.1) is 0 Å². The number of ether oxygens (including phenoxy) is 2. The molecule has 6 nitrogen and oxygen atoms in total. The van der Waals surface area contributed by atoms with Crippen molar-refractivity contribution in [2.75, 3.05) is 26.3 Å². The molecule has 0 aromatic heterocycles. The van der Waals surface area contributed by atoms with Crippen molar-refractivity contribution in [3.8, 4) is 56.0 Å². The van der Waals surface area contributed by atoms with Crippen molar-refractivity contribution in [1.82, 2.24) is 0 Å². The SMILES string of the molecule is NCCC[C@@H](N)COc1cc(-c2ccc(F)c(F)c2)cc(-c2ccc(F)c(F)c2)c1.NCCC[C@@H](N)COc1cc(-c2cccc(F)c2)cc(-c2cccc(F)c2)c1. The Kier molecular flexibility index (Phi) is 15.9. The molecule has 58 heavy (non-hydrogen) atoms. The quantitative estimate of drug-likeness (QED) is 0.0724. The molecule has 0 fully saturated rings. The van der Waals surface area contributed by atoms with Gasteiger partial charge in [0, 0.05) is 12.1 Å². The maximum Gasteiger partial charge on any atom is 0.159 e. The first-order valence-electron chi connectivity index (χ1n) is 18.8. The summed E-state index contributed by atoms with van der Waals surface area (Å²) in [5, 5.41) is 0. The zero-order valence-electron chi connectivity index (χ0n) is 31.8. The fourth-order valence-corrected chi connectivity index (χ4v) is 6.05. The Morgan fingerprint density at radius 1 is 0.397 bits per heavy atom. The molecule has 2 atom stereocenters. The summed E-state index contributed by atoms with van der Waals surface area (Å²) in [6.07, 6.45) is 3.06. The highest BCUT2D eigenvalue weighted by Gasteiger charge is 2.13. The molecule has 0 saturated heterocycles. The van der Waals surface area contributed by atoms with Crippen molar-refractivity contribution >= 4 is 0 Å². The second kappa shape index (κ2) is 21.2. The molecule has 12 heteroatoms. The van der Waals surface area contributed by atoms with Crippen molar-refractivity contribution in [3.63, 3.8) is 0 Å². The Bertz CT molecular complexity index is 2140. The first kappa shape index (κ1) is 43.5. The number of hydrogen-bond acceptors (Lipinski definition) is 6. The topological polar surface area (TPSA) is 123 Å². The lowest BCUT2D eigenvalue weighted by atomic mass is 9.98. The summed E-state index contributed by atoms with van der Waals surface area (Å²) in [4.78, 5) is 0. The van der Waals surface area contributed by atoms with Crippen LogP contribution in [0.25, 0.3) is 44.5 Å². The maximum atomic E-state index is 13.7. The van der Waals surface area contributed by atoms with E-state index < -0.39 is 23.3 Å². The minimum atomic E-state index is -0.989. The summed E-state index contributed by atoms with van der Waals surface area (Å²) >= 11 is 0. The van der Waals surface area contributed by atoms with Crippen LogP contribution in [0, 0.1) is 34.9 Å². The fraction of sp³-hybridized carbons (Fsp3) is 0.217. The molecule has 0 radical (unpaired) electrons. The van der Waals surface area contributed by atoms with Gasteiger partial charge < -0.3 is 32.4 Å². The van der Waals surface area contributed by atoms with Gasteiger partial charge in [-0.2, -0.15) is 0 Å². The zero-order valence-corrected chi connectivity index (χ0v) is 31.8. The Hall–Kier alpha value is -5.66. The van der Waals surface area contributed by atoms with Gasteiger partial charge in [0.1, 0.15) is 36.3 Å². The molecule has 6 aromatic carbocycles. The summed E-state index contributed by atoms with van der Waals surface area (Å²) < 4.78 is 93.2. The lowest BCUT2D eigenvalue weighted by molar-refractivity contribution is 0.281. The monoisotopic (exact) mass is 800 g/mol. The molecule has 6 rings (SSSR count). The van der Waals surface area contributed by atoms with Crippen LogP contribution in [-0.4, -0.2) is 38.4 Å². The first-order chi connectivity index (χ1) is 27.9. The van der Waals surface area contributed by atoms with E-state index in [1.807, 2.05) is 30.3 Å². The van der Waals surface area contributed by atoms with E-state index in [1.165, 1.54) is 36.4 Å². The number of hydrogen-bond donors (Lipinski definition) is 4. The highest BCUT2D eigenvalue weighted by Crippen LogP contribution is 2.34. The van der Waals surface area contributed by atoms with Gasteiger partial charge >= 0.3 is 0 Å². The molecule has 304 valence electrons. The third-order valence-electron chi connectivity index (χ3n) is 9.12. The normalized spacial score (nSPS) is 12.0. The van der Waals surface area contributed by atoms with Gasteiger partial charge in [0.15, 0.2) is 23.3 Å². The van der Waals surface area contributed by atoms with Gasteiger partial charge in [-0.3, -0.25) is 0 Å². The molecule has 0 aliphatic carbocycles. The van der Waals surface area contributed by atoms with Crippen molar-refractivity contribution in [3.05, 3.63) is 156 Å². The lowest BCUT2D eigenvalue weighted by Gasteiger charge is -2.15. The van der Waals surface area contributed by atoms with Crippen LogP contribution in [0.5, 0.6) is 11.5 Å². The summed E-state index contributed by atoms with van der Waals surface area (Å²) in [6, 6.07) is 29.9. The molecule has 0 aliphatic heterocycles. The van der Waals surface area contributed by atoms with Crippen molar-refractivity contribution in [2.45, 2.75) is 37.8 Å². The molecule has 0 amide bonds. The minimum Gasteiger partial charge on any atom is -0.492 e. The van der Waals surface area contributed by atoms with Gasteiger partial charge in [-0.15, -0.1) is 0 Å². The Morgan fingerprint density at radius 2 is 0.759 bits per heavy atom. The van der Waals surface area contributed by atoms with Gasteiger partial charge in [0.2, 0.25) is 0 Å². The van der Waals surface area contributed by atoms with E-state index in [4.69, 9.17) is 32.4 Å². The van der Waals surface area contributed by atoms with Crippen LogP contribution in [0.15, 0.2) is 121 Å². The second-order valence-electron chi connectivity index (χ2n) is 13.8. The van der Waals surface area contributed by atoms with Gasteiger partial charge in [0.25, 0.3) is 0 Å². The molecule has 0 aliphatic rings. The van der Waals surface area contributed by atoms with E-state index >= 15 is 0 Å². The highest BCUT2D eigenvalue weighted by molar-refractivity contribution is 5.76. The van der Waals surface area contributed by atoms with E-state index in [-0.39, 0.29) is 30.3 Å². The van der Waals surface area contributed by atoms with Crippen LogP contribution in [0.2, 0.25) is 0 Å². The highest BCUT2D eigenvalue weighted by atomic mass is 19.2. The molecular weight excluding hydrogens is 755 g/mol. The molecule has 0 unspecified atom stereocenters. The summed E-state index contributed by atoms with van der Waals surface area (Å²) in [7, 11) is 0. The molecule has 0 bridgehead atoms. The third-order valence-corrected chi connectivity index (χ3v) is 9.12. The molecule has 0 heterocycles. The van der Waals surface area contributed by atoms with Gasteiger partial charge in [-0.05, 0) is 168 Å². The average molecular weight is 801 g/mol. The van der Waals surface area contributed by atoms with Crippen LogP contribution in [-0.2, 0) is 0 Å². The van der Waals surface area contributed by atoms with E-state index in [0.717, 1.165) is 65.8 Å². The van der Waals surface area contributed by atoms with E-state index in [1.54, 1.807) is 30.3 Å². The second-order valence-corrected chi connectivity index (χ2v) is 13.8. The Balaban J connectivity index is 0.000000221. The number of halogens is 6. The predicted octanol–water partition coefficient (Wildman–Crippen LogP) is 9.77. The Morgan fingerprint density at radius 3 is 1.09 bits per heavy atom. The summed E-state index contributed by atoms with van der Waals surface area (Å²) in [6.45, 7) is 1.68. The van der Waals surface area contributed by atoms with Gasteiger partial charge in [-0.1, -0.05) is 36.4 Å². The van der Waals surface area contributed by atoms with E-state index in [2.05, 4.69) is 0 Å². The standard InChI is InChI=1S/C23H22F4N2O.C23H24F2N2O/c24-20-5-3-14(11-22(20)26)16-8-17(15-4-6-21(25)23(27)12-15)10-19(9-16)30-13-18(29)2-1-7-28;24-20-6-1-4-16(11-20)18-10-19(17-5-2-7-21(25)12-17)14-23(13-18)28-15-22(27)8-3-9-26/h3-6,8-12,18H,1-2,7,13,28-29H2;1-2,4-7,10-14,22H,3,8-9,15,26-27H2/t18-;22-/m11/s1. The van der Waals surface area contributed by atoms with Crippen molar-refractivity contribution in [1.29, 1.82) is 0 Å². The average Bonchev–Trinajstić information content (AvgIpc) is 3.22. The molecule has 0 spiro atoms. The van der Waals surface area contributed by atoms with Crippen LogP contribution >= 0.6 is 0 Å². The smallest absolute Gasteiger partial charge is 0.159 e. The predicted molar refractivity (Wildman–Crippen MR) is 218 cm³/mol. The Labute approximate surface area is 334 Å². The lowest BCUT2D eigenvalue weighted by Crippen LogP contribution is -2.28.